The molecule has 202 valence electrons. The maximum absolute atomic E-state index is 13.5. The zero-order valence-electron chi connectivity index (χ0n) is 21.5. The molecule has 0 bridgehead atoms. The van der Waals surface area contributed by atoms with E-state index in [1.165, 1.54) is 11.4 Å². The molecule has 2 N–H and O–H groups in total. The lowest BCUT2D eigenvalue weighted by Gasteiger charge is -2.38. The van der Waals surface area contributed by atoms with Crippen molar-refractivity contribution in [1.82, 2.24) is 14.1 Å². The van der Waals surface area contributed by atoms with Crippen molar-refractivity contribution in [2.24, 2.45) is 5.92 Å². The third-order valence-electron chi connectivity index (χ3n) is 6.71. The van der Waals surface area contributed by atoms with Crippen molar-refractivity contribution >= 4 is 27.5 Å². The van der Waals surface area contributed by atoms with E-state index in [4.69, 9.17) is 9.47 Å². The van der Waals surface area contributed by atoms with E-state index in [1.54, 1.807) is 30.0 Å². The molecule has 1 fully saturated rings. The van der Waals surface area contributed by atoms with Crippen molar-refractivity contribution in [3.63, 3.8) is 0 Å². The normalized spacial score (nSPS) is 22.4. The van der Waals surface area contributed by atoms with E-state index in [1.807, 2.05) is 6.92 Å². The molecular formula is C24H38N4O7S. The predicted molar refractivity (Wildman–Crippen MR) is 136 cm³/mol. The first kappa shape index (κ1) is 28.3. The van der Waals surface area contributed by atoms with E-state index in [9.17, 15) is 23.1 Å². The van der Waals surface area contributed by atoms with E-state index in [0.717, 1.165) is 19.3 Å². The van der Waals surface area contributed by atoms with Gasteiger partial charge in [-0.3, -0.25) is 14.5 Å². The van der Waals surface area contributed by atoms with Crippen LogP contribution in [0.25, 0.3) is 0 Å². The van der Waals surface area contributed by atoms with E-state index in [2.05, 4.69) is 10.2 Å². The first-order chi connectivity index (χ1) is 17.0. The highest BCUT2D eigenvalue weighted by Gasteiger charge is 2.34. The summed E-state index contributed by atoms with van der Waals surface area (Å²) in [5, 5.41) is 12.6. The second-order valence-electron chi connectivity index (χ2n) is 9.63. The molecule has 2 aliphatic rings. The third kappa shape index (κ3) is 7.39. The number of anilines is 1. The van der Waals surface area contributed by atoms with Crippen LogP contribution in [0.3, 0.4) is 0 Å². The molecule has 0 aliphatic carbocycles. The summed E-state index contributed by atoms with van der Waals surface area (Å²) in [4.78, 5) is 29.8. The molecule has 0 aromatic heterocycles. The Bertz CT molecular complexity index is 1030. The number of morpholine rings is 1. The standard InChI is InChI=1S/C24H38N4O7S/c1-17-14-28(18(2)16-29)24(31)20-13-19(25-23(30)7-8-27-9-11-34-12-10-27)5-6-21(20)35-22(17)15-26(3)36(4,32)33/h5-6,13,17-18,22,29H,7-12,14-16H2,1-4H3,(H,25,30)/t17-,18+,22-/m0/s1. The van der Waals surface area contributed by atoms with Crippen LogP contribution >= 0.6 is 0 Å². The van der Waals surface area contributed by atoms with E-state index < -0.39 is 22.2 Å². The van der Waals surface area contributed by atoms with Crippen molar-refractivity contribution in [3.05, 3.63) is 23.8 Å². The molecule has 0 saturated carbocycles. The number of rotatable bonds is 9. The average molecular weight is 527 g/mol. The number of nitrogens with one attached hydrogen (secondary N) is 1. The Balaban J connectivity index is 1.82. The van der Waals surface area contributed by atoms with Crippen LogP contribution in [0.15, 0.2) is 18.2 Å². The number of fused-ring (bicyclic) bond motifs is 1. The number of hydrogen-bond acceptors (Lipinski definition) is 8. The molecule has 0 spiro atoms. The zero-order chi connectivity index (χ0) is 26.5. The highest BCUT2D eigenvalue weighted by Crippen LogP contribution is 2.31. The van der Waals surface area contributed by atoms with Crippen molar-refractivity contribution in [2.45, 2.75) is 32.4 Å². The smallest absolute Gasteiger partial charge is 0.258 e. The molecule has 2 amide bonds. The summed E-state index contributed by atoms with van der Waals surface area (Å²) in [6, 6.07) is 4.42. The first-order valence-electron chi connectivity index (χ1n) is 12.2. The van der Waals surface area contributed by atoms with Gasteiger partial charge in [-0.2, -0.15) is 0 Å². The molecule has 2 heterocycles. The lowest BCUT2D eigenvalue weighted by molar-refractivity contribution is -0.116. The first-order valence-corrected chi connectivity index (χ1v) is 14.1. The van der Waals surface area contributed by atoms with Gasteiger partial charge in [-0.25, -0.2) is 12.7 Å². The van der Waals surface area contributed by atoms with Crippen LogP contribution in [-0.4, -0.2) is 117 Å². The van der Waals surface area contributed by atoms with Gasteiger partial charge in [0.2, 0.25) is 15.9 Å². The summed E-state index contributed by atoms with van der Waals surface area (Å²) in [7, 11) is -1.94. The molecule has 36 heavy (non-hydrogen) atoms. The molecule has 0 radical (unpaired) electrons. The van der Waals surface area contributed by atoms with Crippen molar-refractivity contribution < 1.29 is 32.6 Å². The number of amides is 2. The van der Waals surface area contributed by atoms with E-state index >= 15 is 0 Å². The Hall–Kier alpha value is -2.25. The number of ether oxygens (including phenoxy) is 2. The molecular weight excluding hydrogens is 488 g/mol. The quantitative estimate of drug-likeness (QED) is 0.475. The summed E-state index contributed by atoms with van der Waals surface area (Å²) < 4.78 is 36.8. The maximum atomic E-state index is 13.5. The van der Waals surface area contributed by atoms with Gasteiger partial charge in [0, 0.05) is 51.3 Å². The highest BCUT2D eigenvalue weighted by molar-refractivity contribution is 7.88. The maximum Gasteiger partial charge on any atom is 0.258 e. The zero-order valence-corrected chi connectivity index (χ0v) is 22.3. The van der Waals surface area contributed by atoms with Gasteiger partial charge in [-0.05, 0) is 25.1 Å². The fourth-order valence-electron chi connectivity index (χ4n) is 4.21. The number of benzene rings is 1. The van der Waals surface area contributed by atoms with Crippen molar-refractivity contribution in [3.8, 4) is 5.75 Å². The van der Waals surface area contributed by atoms with Crippen LogP contribution < -0.4 is 10.1 Å². The van der Waals surface area contributed by atoms with Crippen LogP contribution in [0, 0.1) is 5.92 Å². The van der Waals surface area contributed by atoms with Gasteiger partial charge in [-0.15, -0.1) is 0 Å². The average Bonchev–Trinajstić information content (AvgIpc) is 2.84. The molecule has 3 atom stereocenters. The number of aliphatic hydroxyl groups is 1. The number of nitrogens with zero attached hydrogens (tertiary/aromatic N) is 3. The summed E-state index contributed by atoms with van der Waals surface area (Å²) >= 11 is 0. The van der Waals surface area contributed by atoms with Crippen molar-refractivity contribution in [1.29, 1.82) is 0 Å². The van der Waals surface area contributed by atoms with Gasteiger partial charge < -0.3 is 24.8 Å². The third-order valence-corrected chi connectivity index (χ3v) is 7.99. The van der Waals surface area contributed by atoms with Crippen LogP contribution in [0.2, 0.25) is 0 Å². The number of hydrogen-bond donors (Lipinski definition) is 2. The van der Waals surface area contributed by atoms with Crippen LogP contribution in [0.4, 0.5) is 5.69 Å². The Morgan fingerprint density at radius 2 is 2.00 bits per heavy atom. The minimum atomic E-state index is -3.43. The SMILES string of the molecule is C[C@H](CO)N1C[C@H](C)[C@H](CN(C)S(C)(=O)=O)Oc2ccc(NC(=O)CCN3CCOCC3)cc2C1=O. The van der Waals surface area contributed by atoms with Gasteiger partial charge in [0.05, 0.1) is 44.2 Å². The molecule has 1 aromatic carbocycles. The van der Waals surface area contributed by atoms with Gasteiger partial charge >= 0.3 is 0 Å². The Labute approximate surface area is 213 Å². The summed E-state index contributed by atoms with van der Waals surface area (Å²) in [6.45, 7) is 7.34. The molecule has 0 unspecified atom stereocenters. The Kier molecular flexibility index (Phi) is 9.70. The second-order valence-corrected chi connectivity index (χ2v) is 11.7. The largest absolute Gasteiger partial charge is 0.488 e. The Morgan fingerprint density at radius 3 is 2.64 bits per heavy atom. The fraction of sp³-hybridized carbons (Fsp3) is 0.667. The number of sulfonamides is 1. The van der Waals surface area contributed by atoms with Crippen LogP contribution in [0.1, 0.15) is 30.6 Å². The fourth-order valence-corrected chi connectivity index (χ4v) is 4.63. The monoisotopic (exact) mass is 526 g/mol. The van der Waals surface area contributed by atoms with Gasteiger partial charge in [0.15, 0.2) is 0 Å². The van der Waals surface area contributed by atoms with Crippen LogP contribution in [-0.2, 0) is 19.6 Å². The number of likely N-dealkylation sites (N-methyl/N-ethyl adjacent to an activating group) is 1. The molecule has 1 saturated heterocycles. The lowest BCUT2D eigenvalue weighted by Crippen LogP contribution is -2.50. The Morgan fingerprint density at radius 1 is 1.31 bits per heavy atom. The molecule has 1 aromatic rings. The van der Waals surface area contributed by atoms with Gasteiger partial charge in [-0.1, -0.05) is 6.92 Å². The minimum Gasteiger partial charge on any atom is -0.488 e. The van der Waals surface area contributed by atoms with E-state index in [0.29, 0.717) is 37.6 Å². The molecule has 2 aliphatic heterocycles. The summed E-state index contributed by atoms with van der Waals surface area (Å²) in [5.41, 5.74) is 0.716. The number of aliphatic hydroxyl groups excluding tert-OH is 1. The second kappa shape index (κ2) is 12.3. The summed E-state index contributed by atoms with van der Waals surface area (Å²) in [5.74, 6) is -0.389. The molecule has 3 rings (SSSR count). The van der Waals surface area contributed by atoms with E-state index in [-0.39, 0.29) is 43.0 Å². The van der Waals surface area contributed by atoms with Crippen LogP contribution in [0.5, 0.6) is 5.75 Å². The molecule has 12 heteroatoms. The van der Waals surface area contributed by atoms with Gasteiger partial charge in [0.25, 0.3) is 5.91 Å². The number of carbonyl (C=O) groups excluding carboxylic acids is 2. The number of carbonyl (C=O) groups is 2. The minimum absolute atomic E-state index is 0.106. The molecule has 11 nitrogen and oxygen atoms in total. The topological polar surface area (TPSA) is 129 Å². The lowest BCUT2D eigenvalue weighted by atomic mass is 9.99. The van der Waals surface area contributed by atoms with Gasteiger partial charge in [0.1, 0.15) is 11.9 Å². The van der Waals surface area contributed by atoms with Crippen molar-refractivity contribution in [2.75, 3.05) is 71.2 Å². The highest BCUT2D eigenvalue weighted by atomic mass is 32.2. The summed E-state index contributed by atoms with van der Waals surface area (Å²) in [6.07, 6.45) is 0.915. The predicted octanol–water partition coefficient (Wildman–Crippen LogP) is 0.459.